The van der Waals surface area contributed by atoms with Gasteiger partial charge in [-0.25, -0.2) is 0 Å². The van der Waals surface area contributed by atoms with E-state index in [2.05, 4.69) is 4.98 Å². The Bertz CT molecular complexity index is 952. The van der Waals surface area contributed by atoms with Gasteiger partial charge in [0.25, 0.3) is 0 Å². The van der Waals surface area contributed by atoms with Crippen molar-refractivity contribution in [1.82, 2.24) is 4.98 Å². The van der Waals surface area contributed by atoms with Crippen molar-refractivity contribution in [2.75, 3.05) is 21.3 Å². The number of fused-ring (bicyclic) bond motifs is 1. The molecule has 2 aromatic carbocycles. The van der Waals surface area contributed by atoms with Crippen LogP contribution in [-0.4, -0.2) is 37.2 Å². The van der Waals surface area contributed by atoms with Crippen molar-refractivity contribution in [2.45, 2.75) is 0 Å². The van der Waals surface area contributed by atoms with Gasteiger partial charge in [-0.3, -0.25) is 9.78 Å². The van der Waals surface area contributed by atoms with E-state index in [1.807, 2.05) is 0 Å². The molecule has 0 amide bonds. The van der Waals surface area contributed by atoms with Crippen LogP contribution in [0, 0.1) is 0 Å². The van der Waals surface area contributed by atoms with Crippen molar-refractivity contribution in [3.8, 4) is 23.0 Å². The second kappa shape index (κ2) is 6.68. The van der Waals surface area contributed by atoms with Crippen LogP contribution in [0.25, 0.3) is 10.9 Å². The predicted octanol–water partition coefficient (Wildman–Crippen LogP) is 3.20. The van der Waals surface area contributed by atoms with E-state index in [1.165, 1.54) is 33.6 Å². The molecule has 0 aliphatic rings. The van der Waals surface area contributed by atoms with Crippen LogP contribution in [0.3, 0.4) is 0 Å². The molecule has 0 unspecified atom stereocenters. The summed E-state index contributed by atoms with van der Waals surface area (Å²) >= 11 is 0. The summed E-state index contributed by atoms with van der Waals surface area (Å²) < 4.78 is 16.1. The first-order valence-corrected chi connectivity index (χ1v) is 7.52. The molecule has 1 heterocycles. The topological polar surface area (TPSA) is 77.9 Å². The Kier molecular flexibility index (Phi) is 4.43. The van der Waals surface area contributed by atoms with Gasteiger partial charge in [-0.05, 0) is 18.2 Å². The summed E-state index contributed by atoms with van der Waals surface area (Å²) in [6, 6.07) is 9.76. The molecule has 1 aromatic heterocycles. The fourth-order valence-electron chi connectivity index (χ4n) is 2.69. The molecule has 3 aromatic rings. The van der Waals surface area contributed by atoms with E-state index in [0.29, 0.717) is 33.7 Å². The van der Waals surface area contributed by atoms with Gasteiger partial charge in [0.1, 0.15) is 5.75 Å². The van der Waals surface area contributed by atoms with Crippen molar-refractivity contribution in [3.05, 3.63) is 53.7 Å². The zero-order valence-electron chi connectivity index (χ0n) is 14.1. The zero-order chi connectivity index (χ0) is 18.0. The summed E-state index contributed by atoms with van der Waals surface area (Å²) in [5, 5.41) is 10.5. The summed E-state index contributed by atoms with van der Waals surface area (Å²) in [6.45, 7) is 0. The molecular weight excluding hydrogens is 322 g/mol. The monoisotopic (exact) mass is 339 g/mol. The van der Waals surface area contributed by atoms with Gasteiger partial charge in [0.15, 0.2) is 17.3 Å². The third-order valence-corrected chi connectivity index (χ3v) is 3.90. The number of methoxy groups -OCH3 is 3. The number of ketones is 1. The molecular formula is C19H17NO5. The number of carbonyl (C=O) groups is 1. The van der Waals surface area contributed by atoms with Gasteiger partial charge >= 0.3 is 0 Å². The quantitative estimate of drug-likeness (QED) is 0.719. The first-order chi connectivity index (χ1) is 12.1. The molecule has 0 bridgehead atoms. The number of phenols is 1. The first-order valence-electron chi connectivity index (χ1n) is 7.52. The summed E-state index contributed by atoms with van der Waals surface area (Å²) in [7, 11) is 4.55. The highest BCUT2D eigenvalue weighted by Crippen LogP contribution is 2.43. The Morgan fingerprint density at radius 1 is 1.00 bits per heavy atom. The maximum atomic E-state index is 12.7. The molecule has 0 spiro atoms. The number of para-hydroxylation sites is 1. The number of pyridine rings is 1. The SMILES string of the molecule is COc1cc2ncc(C(=O)c3ccccc3O)cc2c(OC)c1OC. The highest BCUT2D eigenvalue weighted by molar-refractivity contribution is 6.12. The number of ether oxygens (including phenoxy) is 3. The van der Waals surface area contributed by atoms with Gasteiger partial charge in [0.2, 0.25) is 5.75 Å². The summed E-state index contributed by atoms with van der Waals surface area (Å²) in [5.41, 5.74) is 1.14. The van der Waals surface area contributed by atoms with Crippen LogP contribution in [0.5, 0.6) is 23.0 Å². The lowest BCUT2D eigenvalue weighted by atomic mass is 10.0. The van der Waals surface area contributed by atoms with E-state index in [4.69, 9.17) is 14.2 Å². The Hall–Kier alpha value is -3.28. The number of rotatable bonds is 5. The molecule has 1 N–H and O–H groups in total. The molecule has 25 heavy (non-hydrogen) atoms. The number of carbonyl (C=O) groups excluding carboxylic acids is 1. The van der Waals surface area contributed by atoms with E-state index in [0.717, 1.165) is 0 Å². The summed E-state index contributed by atoms with van der Waals surface area (Å²) in [4.78, 5) is 17.0. The lowest BCUT2D eigenvalue weighted by molar-refractivity contribution is 0.103. The minimum atomic E-state index is -0.329. The first kappa shape index (κ1) is 16.6. The molecule has 0 aliphatic carbocycles. The van der Waals surface area contributed by atoms with Crippen molar-refractivity contribution in [2.24, 2.45) is 0 Å². The van der Waals surface area contributed by atoms with Crippen molar-refractivity contribution >= 4 is 16.7 Å². The lowest BCUT2D eigenvalue weighted by Crippen LogP contribution is -2.03. The van der Waals surface area contributed by atoms with Gasteiger partial charge < -0.3 is 19.3 Å². The zero-order valence-corrected chi connectivity index (χ0v) is 14.1. The second-order valence-electron chi connectivity index (χ2n) is 5.28. The third kappa shape index (κ3) is 2.82. The van der Waals surface area contributed by atoms with Crippen LogP contribution >= 0.6 is 0 Å². The molecule has 0 radical (unpaired) electrons. The molecule has 128 valence electrons. The van der Waals surface area contributed by atoms with Crippen LogP contribution in [-0.2, 0) is 0 Å². The molecule has 0 atom stereocenters. The van der Waals surface area contributed by atoms with Gasteiger partial charge in [0, 0.05) is 23.2 Å². The molecule has 3 rings (SSSR count). The summed E-state index contributed by atoms with van der Waals surface area (Å²) in [6.07, 6.45) is 1.46. The highest BCUT2D eigenvalue weighted by atomic mass is 16.5. The minimum absolute atomic E-state index is 0.0770. The van der Waals surface area contributed by atoms with E-state index < -0.39 is 0 Å². The molecule has 0 fully saturated rings. The third-order valence-electron chi connectivity index (χ3n) is 3.90. The smallest absolute Gasteiger partial charge is 0.204 e. The standard InChI is InChI=1S/C19H17NO5/c1-23-16-9-14-13(18(24-2)19(16)25-3)8-11(10-20-14)17(22)12-6-4-5-7-15(12)21/h4-10,21H,1-3H3. The van der Waals surface area contributed by atoms with E-state index in [-0.39, 0.29) is 17.1 Å². The van der Waals surface area contributed by atoms with E-state index in [9.17, 15) is 9.90 Å². The number of hydrogen-bond acceptors (Lipinski definition) is 6. The van der Waals surface area contributed by atoms with Crippen LogP contribution < -0.4 is 14.2 Å². The number of nitrogens with zero attached hydrogens (tertiary/aromatic N) is 1. The Morgan fingerprint density at radius 3 is 2.36 bits per heavy atom. The number of hydrogen-bond donors (Lipinski definition) is 1. The Balaban J connectivity index is 2.20. The van der Waals surface area contributed by atoms with Gasteiger partial charge in [0.05, 0.1) is 32.4 Å². The molecule has 6 nitrogen and oxygen atoms in total. The van der Waals surface area contributed by atoms with Crippen LogP contribution in [0.4, 0.5) is 0 Å². The summed E-state index contributed by atoms with van der Waals surface area (Å²) in [5.74, 6) is 0.929. The molecule has 6 heteroatoms. The number of benzene rings is 2. The van der Waals surface area contributed by atoms with Gasteiger partial charge in [-0.1, -0.05) is 12.1 Å². The van der Waals surface area contributed by atoms with Crippen LogP contribution in [0.15, 0.2) is 42.6 Å². The average Bonchev–Trinajstić information content (AvgIpc) is 2.65. The fourth-order valence-corrected chi connectivity index (χ4v) is 2.69. The maximum Gasteiger partial charge on any atom is 0.204 e. The second-order valence-corrected chi connectivity index (χ2v) is 5.28. The van der Waals surface area contributed by atoms with E-state index in [1.54, 1.807) is 30.3 Å². The minimum Gasteiger partial charge on any atom is -0.507 e. The Labute approximate surface area is 144 Å². The number of aromatic hydroxyl groups is 1. The van der Waals surface area contributed by atoms with Gasteiger partial charge in [-0.15, -0.1) is 0 Å². The molecule has 0 saturated carbocycles. The normalized spacial score (nSPS) is 10.5. The van der Waals surface area contributed by atoms with Crippen LogP contribution in [0.1, 0.15) is 15.9 Å². The largest absolute Gasteiger partial charge is 0.507 e. The average molecular weight is 339 g/mol. The lowest BCUT2D eigenvalue weighted by Gasteiger charge is -2.15. The number of aromatic nitrogens is 1. The van der Waals surface area contributed by atoms with Crippen molar-refractivity contribution in [1.29, 1.82) is 0 Å². The van der Waals surface area contributed by atoms with Gasteiger partial charge in [-0.2, -0.15) is 0 Å². The Morgan fingerprint density at radius 2 is 1.72 bits per heavy atom. The number of phenolic OH excluding ortho intramolecular Hbond substituents is 1. The molecule has 0 saturated heterocycles. The van der Waals surface area contributed by atoms with Crippen LogP contribution in [0.2, 0.25) is 0 Å². The molecule has 0 aliphatic heterocycles. The van der Waals surface area contributed by atoms with Crippen molar-refractivity contribution < 1.29 is 24.1 Å². The predicted molar refractivity (Wildman–Crippen MR) is 92.9 cm³/mol. The van der Waals surface area contributed by atoms with Crippen molar-refractivity contribution in [3.63, 3.8) is 0 Å². The van der Waals surface area contributed by atoms with E-state index >= 15 is 0 Å². The maximum absolute atomic E-state index is 12.7. The highest BCUT2D eigenvalue weighted by Gasteiger charge is 2.19. The fraction of sp³-hybridized carbons (Fsp3) is 0.158.